The zero-order valence-electron chi connectivity index (χ0n) is 11.8. The highest BCUT2D eigenvalue weighted by molar-refractivity contribution is 5.90. The minimum absolute atomic E-state index is 0.0267. The fraction of sp³-hybridized carbons (Fsp3) is 0.400. The van der Waals surface area contributed by atoms with Crippen molar-refractivity contribution in [2.75, 3.05) is 20.2 Å². The molecule has 1 amide bonds. The molecule has 2 rings (SSSR count). The number of hydrogen-bond acceptors (Lipinski definition) is 5. The van der Waals surface area contributed by atoms with Crippen molar-refractivity contribution in [3.05, 3.63) is 35.9 Å². The smallest absolute Gasteiger partial charge is 0.410 e. The van der Waals surface area contributed by atoms with Gasteiger partial charge < -0.3 is 14.4 Å². The molecule has 21 heavy (non-hydrogen) atoms. The van der Waals surface area contributed by atoms with Gasteiger partial charge >= 0.3 is 12.1 Å². The Morgan fingerprint density at radius 2 is 2.00 bits per heavy atom. The fourth-order valence-corrected chi connectivity index (χ4v) is 2.22. The predicted octanol–water partition coefficient (Wildman–Crippen LogP) is 1.39. The summed E-state index contributed by atoms with van der Waals surface area (Å²) in [5, 5.41) is 0. The first-order valence-corrected chi connectivity index (χ1v) is 6.65. The van der Waals surface area contributed by atoms with E-state index < -0.39 is 18.0 Å². The van der Waals surface area contributed by atoms with Crippen LogP contribution in [0, 0.1) is 5.92 Å². The first-order chi connectivity index (χ1) is 10.1. The molecule has 1 heterocycles. The van der Waals surface area contributed by atoms with Gasteiger partial charge in [0.25, 0.3) is 0 Å². The van der Waals surface area contributed by atoms with Crippen molar-refractivity contribution in [2.45, 2.75) is 13.0 Å². The monoisotopic (exact) mass is 291 g/mol. The largest absolute Gasteiger partial charge is 0.469 e. The Kier molecular flexibility index (Phi) is 4.92. The van der Waals surface area contributed by atoms with E-state index in [4.69, 9.17) is 4.74 Å². The molecule has 0 saturated carbocycles. The van der Waals surface area contributed by atoms with Gasteiger partial charge in [-0.1, -0.05) is 30.3 Å². The Hall–Kier alpha value is -2.37. The van der Waals surface area contributed by atoms with Gasteiger partial charge in [0.05, 0.1) is 19.6 Å². The van der Waals surface area contributed by atoms with Crippen molar-refractivity contribution in [3.8, 4) is 0 Å². The van der Waals surface area contributed by atoms with Crippen molar-refractivity contribution in [1.29, 1.82) is 0 Å². The summed E-state index contributed by atoms with van der Waals surface area (Å²) in [6, 6.07) is 9.25. The molecule has 0 aliphatic carbocycles. The van der Waals surface area contributed by atoms with Crippen LogP contribution in [0.25, 0.3) is 0 Å². The molecular formula is C15H17NO5. The van der Waals surface area contributed by atoms with E-state index >= 15 is 0 Å². The van der Waals surface area contributed by atoms with Crippen LogP contribution < -0.4 is 0 Å². The summed E-state index contributed by atoms with van der Waals surface area (Å²) >= 11 is 0. The number of benzene rings is 1. The quantitative estimate of drug-likeness (QED) is 0.787. The van der Waals surface area contributed by atoms with Crippen LogP contribution in [0.4, 0.5) is 4.79 Å². The van der Waals surface area contributed by atoms with E-state index in [0.717, 1.165) is 5.56 Å². The van der Waals surface area contributed by atoms with E-state index in [1.807, 2.05) is 30.3 Å². The van der Waals surface area contributed by atoms with E-state index in [1.165, 1.54) is 12.0 Å². The summed E-state index contributed by atoms with van der Waals surface area (Å²) in [6.45, 7) is 0.250. The summed E-state index contributed by atoms with van der Waals surface area (Å²) in [7, 11) is 1.26. The van der Waals surface area contributed by atoms with E-state index in [1.54, 1.807) is 0 Å². The van der Waals surface area contributed by atoms with E-state index in [2.05, 4.69) is 4.74 Å². The Morgan fingerprint density at radius 1 is 1.29 bits per heavy atom. The molecule has 1 aliphatic heterocycles. The maximum Gasteiger partial charge on any atom is 0.410 e. The Bertz CT molecular complexity index is 528. The molecule has 1 saturated heterocycles. The van der Waals surface area contributed by atoms with Crippen molar-refractivity contribution in [2.24, 2.45) is 5.92 Å². The highest BCUT2D eigenvalue weighted by atomic mass is 16.6. The third-order valence-electron chi connectivity index (χ3n) is 3.28. The van der Waals surface area contributed by atoms with Crippen molar-refractivity contribution in [3.63, 3.8) is 0 Å². The zero-order valence-corrected chi connectivity index (χ0v) is 11.8. The molecule has 1 fully saturated rings. The van der Waals surface area contributed by atoms with E-state index in [9.17, 15) is 14.4 Å². The molecule has 1 aliphatic rings. The van der Waals surface area contributed by atoms with Crippen molar-refractivity contribution < 1.29 is 23.9 Å². The number of piperidine rings is 1. The molecule has 6 heteroatoms. The van der Waals surface area contributed by atoms with Crippen molar-refractivity contribution in [1.82, 2.24) is 4.90 Å². The predicted molar refractivity (Wildman–Crippen MR) is 73.3 cm³/mol. The van der Waals surface area contributed by atoms with Crippen molar-refractivity contribution >= 4 is 17.8 Å². The van der Waals surface area contributed by atoms with Crippen LogP contribution in [0.3, 0.4) is 0 Å². The normalized spacial score (nSPS) is 18.2. The molecule has 6 nitrogen and oxygen atoms in total. The molecular weight excluding hydrogens is 274 g/mol. The first-order valence-electron chi connectivity index (χ1n) is 6.65. The van der Waals surface area contributed by atoms with Crippen LogP contribution in [0.1, 0.15) is 12.0 Å². The number of ketones is 1. The molecule has 0 radical (unpaired) electrons. The number of esters is 1. The molecule has 0 N–H and O–H groups in total. The fourth-order valence-electron chi connectivity index (χ4n) is 2.22. The Balaban J connectivity index is 1.92. The van der Waals surface area contributed by atoms with Gasteiger partial charge in [-0.3, -0.25) is 9.59 Å². The van der Waals surface area contributed by atoms with Gasteiger partial charge in [0, 0.05) is 13.0 Å². The van der Waals surface area contributed by atoms with Gasteiger partial charge in [-0.15, -0.1) is 0 Å². The summed E-state index contributed by atoms with van der Waals surface area (Å²) < 4.78 is 9.79. The number of carbonyl (C=O) groups excluding carboxylic acids is 3. The maximum absolute atomic E-state index is 12.0. The second-order valence-corrected chi connectivity index (χ2v) is 4.88. The summed E-state index contributed by atoms with van der Waals surface area (Å²) in [6.07, 6.45) is -0.490. The van der Waals surface area contributed by atoms with Gasteiger partial charge in [0.15, 0.2) is 5.78 Å². The molecule has 1 aromatic carbocycles. The maximum atomic E-state index is 12.0. The van der Waals surface area contributed by atoms with E-state index in [-0.39, 0.29) is 31.9 Å². The third kappa shape index (κ3) is 4.05. The Labute approximate surface area is 122 Å². The zero-order chi connectivity index (χ0) is 15.2. The van der Waals surface area contributed by atoms with Gasteiger partial charge in [0.1, 0.15) is 6.61 Å². The molecule has 0 aromatic heterocycles. The van der Waals surface area contributed by atoms with E-state index in [0.29, 0.717) is 0 Å². The molecule has 1 atom stereocenters. The minimum Gasteiger partial charge on any atom is -0.469 e. The number of nitrogens with zero attached hydrogens (tertiary/aromatic N) is 1. The van der Waals surface area contributed by atoms with Crippen LogP contribution in [0.5, 0.6) is 0 Å². The molecule has 1 aromatic rings. The second kappa shape index (κ2) is 6.88. The van der Waals surface area contributed by atoms with Crippen LogP contribution in [-0.4, -0.2) is 42.9 Å². The summed E-state index contributed by atoms with van der Waals surface area (Å²) in [5.41, 5.74) is 0.860. The lowest BCUT2D eigenvalue weighted by molar-refractivity contribution is -0.149. The third-order valence-corrected chi connectivity index (χ3v) is 3.28. The number of amides is 1. The highest BCUT2D eigenvalue weighted by Gasteiger charge is 2.34. The number of hydrogen-bond donors (Lipinski definition) is 0. The van der Waals surface area contributed by atoms with Gasteiger partial charge in [-0.25, -0.2) is 4.79 Å². The average Bonchev–Trinajstić information content (AvgIpc) is 2.52. The van der Waals surface area contributed by atoms with Crippen LogP contribution >= 0.6 is 0 Å². The van der Waals surface area contributed by atoms with Gasteiger partial charge in [-0.05, 0) is 5.56 Å². The van der Waals surface area contributed by atoms with Crippen LogP contribution in [-0.2, 0) is 25.7 Å². The topological polar surface area (TPSA) is 72.9 Å². The van der Waals surface area contributed by atoms with Crippen LogP contribution in [0.15, 0.2) is 30.3 Å². The number of ether oxygens (including phenoxy) is 2. The van der Waals surface area contributed by atoms with Crippen LogP contribution in [0.2, 0.25) is 0 Å². The second-order valence-electron chi connectivity index (χ2n) is 4.88. The average molecular weight is 291 g/mol. The standard InChI is InChI=1S/C15H17NO5/c1-20-14(18)12-7-13(17)9-16(8-12)15(19)21-10-11-5-3-2-4-6-11/h2-6,12H,7-10H2,1H3/t12-/m0/s1. The summed E-state index contributed by atoms with van der Waals surface area (Å²) in [4.78, 5) is 36.4. The molecule has 0 unspecified atom stereocenters. The SMILES string of the molecule is COC(=O)[C@H]1CC(=O)CN(C(=O)OCc2ccccc2)C1. The highest BCUT2D eigenvalue weighted by Crippen LogP contribution is 2.16. The Morgan fingerprint density at radius 3 is 2.67 bits per heavy atom. The molecule has 0 bridgehead atoms. The number of likely N-dealkylation sites (tertiary alicyclic amines) is 1. The number of methoxy groups -OCH3 is 1. The number of carbonyl (C=O) groups is 3. The summed E-state index contributed by atoms with van der Waals surface area (Å²) in [5.74, 6) is -1.27. The van der Waals surface area contributed by atoms with Gasteiger partial charge in [-0.2, -0.15) is 0 Å². The number of Topliss-reactive ketones (excluding diaryl/α,β-unsaturated/α-hetero) is 1. The lowest BCUT2D eigenvalue weighted by Crippen LogP contribution is -2.46. The first kappa shape index (κ1) is 15.0. The lowest BCUT2D eigenvalue weighted by Gasteiger charge is -2.29. The molecule has 112 valence electrons. The number of rotatable bonds is 3. The lowest BCUT2D eigenvalue weighted by atomic mass is 9.98. The minimum atomic E-state index is -0.611. The van der Waals surface area contributed by atoms with Gasteiger partial charge in [0.2, 0.25) is 0 Å². The molecule has 0 spiro atoms.